The minimum Gasteiger partial charge on any atom is -0.384 e. The van der Waals surface area contributed by atoms with Crippen LogP contribution in [0.1, 0.15) is 30.1 Å². The van der Waals surface area contributed by atoms with E-state index >= 15 is 0 Å². The summed E-state index contributed by atoms with van der Waals surface area (Å²) in [6.07, 6.45) is 1.99. The monoisotopic (exact) mass is 459 g/mol. The fraction of sp³-hybridized carbons (Fsp3) is 0.200. The van der Waals surface area contributed by atoms with Crippen molar-refractivity contribution in [3.05, 3.63) is 72.7 Å². The number of nitriles is 1. The van der Waals surface area contributed by atoms with E-state index in [0.717, 1.165) is 32.9 Å². The molecule has 1 aliphatic carbocycles. The minimum absolute atomic E-state index is 0.0815. The second-order valence-corrected chi connectivity index (χ2v) is 9.37. The van der Waals surface area contributed by atoms with Gasteiger partial charge in [-0.1, -0.05) is 17.7 Å². The Hall–Kier alpha value is -2.07. The van der Waals surface area contributed by atoms with Gasteiger partial charge in [0.1, 0.15) is 5.82 Å². The van der Waals surface area contributed by atoms with E-state index in [1.165, 1.54) is 11.3 Å². The van der Waals surface area contributed by atoms with Gasteiger partial charge in [0.25, 0.3) is 0 Å². The van der Waals surface area contributed by atoms with Crippen LogP contribution in [0.4, 0.5) is 5.69 Å². The molecule has 0 saturated carbocycles. The normalized spacial score (nSPS) is 20.0. The summed E-state index contributed by atoms with van der Waals surface area (Å²) in [6, 6.07) is 13.5. The highest BCUT2D eigenvalue weighted by molar-refractivity contribution is 9.11. The van der Waals surface area contributed by atoms with Gasteiger partial charge in [0.15, 0.2) is 5.78 Å². The van der Waals surface area contributed by atoms with E-state index in [-0.39, 0.29) is 5.78 Å². The standard InChI is InChI=1S/C20H15BrClN3OS/c21-17-8-7-16(27-17)18-13(10-23)20(24)25(12-4-1-3-11(22)9-12)14-5-2-6-15(26)19(14)18/h1,3-4,7-9,18H,2,5-6,24H2. The van der Waals surface area contributed by atoms with E-state index < -0.39 is 5.92 Å². The lowest BCUT2D eigenvalue weighted by Crippen LogP contribution is -2.38. The number of nitrogens with two attached hydrogens (primary N) is 1. The highest BCUT2D eigenvalue weighted by Gasteiger charge is 2.40. The molecule has 1 atom stereocenters. The first-order valence-electron chi connectivity index (χ1n) is 8.48. The number of anilines is 1. The maximum atomic E-state index is 12.9. The molecule has 2 N–H and O–H groups in total. The molecule has 0 fully saturated rings. The number of nitrogens with zero attached hydrogens (tertiary/aromatic N) is 2. The number of Topliss-reactive ketones (excluding diaryl/α,β-unsaturated/α-hetero) is 1. The van der Waals surface area contributed by atoms with E-state index in [1.54, 1.807) is 12.1 Å². The van der Waals surface area contributed by atoms with Gasteiger partial charge in [0.2, 0.25) is 0 Å². The van der Waals surface area contributed by atoms with E-state index in [9.17, 15) is 10.1 Å². The molecule has 2 heterocycles. The molecular formula is C20H15BrClN3OS. The van der Waals surface area contributed by atoms with Crippen LogP contribution in [-0.2, 0) is 4.79 Å². The summed E-state index contributed by atoms with van der Waals surface area (Å²) in [7, 11) is 0. The number of carbonyl (C=O) groups excluding carboxylic acids is 1. The number of halogens is 2. The lowest BCUT2D eigenvalue weighted by atomic mass is 9.78. The van der Waals surface area contributed by atoms with E-state index in [1.807, 2.05) is 29.2 Å². The molecule has 2 aliphatic rings. The SMILES string of the molecule is N#CC1=C(N)N(c2cccc(Cl)c2)C2=C(C(=O)CCC2)C1c1ccc(Br)s1. The molecule has 0 saturated heterocycles. The third kappa shape index (κ3) is 3.10. The molecule has 4 rings (SSSR count). The van der Waals surface area contributed by atoms with E-state index in [0.29, 0.717) is 28.4 Å². The third-order valence-corrected chi connectivity index (χ3v) is 6.78. The van der Waals surface area contributed by atoms with Crippen LogP contribution in [0.2, 0.25) is 5.02 Å². The van der Waals surface area contributed by atoms with Gasteiger partial charge in [-0.3, -0.25) is 9.69 Å². The number of ketones is 1. The second-order valence-electron chi connectivity index (χ2n) is 6.44. The molecule has 136 valence electrons. The van der Waals surface area contributed by atoms with Crippen LogP contribution < -0.4 is 10.6 Å². The van der Waals surface area contributed by atoms with Gasteiger partial charge in [0.05, 0.1) is 21.3 Å². The third-order valence-electron chi connectivity index (χ3n) is 4.86. The van der Waals surface area contributed by atoms with Crippen LogP contribution >= 0.6 is 38.9 Å². The number of hydrogen-bond acceptors (Lipinski definition) is 5. The van der Waals surface area contributed by atoms with Gasteiger partial charge in [0, 0.05) is 33.3 Å². The van der Waals surface area contributed by atoms with Crippen LogP contribution in [0, 0.1) is 11.3 Å². The Labute approximate surface area is 174 Å². The zero-order chi connectivity index (χ0) is 19.1. The largest absolute Gasteiger partial charge is 0.384 e. The topological polar surface area (TPSA) is 70.1 Å². The molecule has 1 aliphatic heterocycles. The van der Waals surface area contributed by atoms with Crippen molar-refractivity contribution in [1.29, 1.82) is 5.26 Å². The maximum absolute atomic E-state index is 12.9. The molecule has 1 unspecified atom stereocenters. The van der Waals surface area contributed by atoms with Gasteiger partial charge in [-0.2, -0.15) is 5.26 Å². The molecule has 7 heteroatoms. The summed E-state index contributed by atoms with van der Waals surface area (Å²) in [4.78, 5) is 15.7. The van der Waals surface area contributed by atoms with Crippen molar-refractivity contribution in [3.8, 4) is 6.07 Å². The number of benzene rings is 1. The average Bonchev–Trinajstić information content (AvgIpc) is 3.07. The first-order chi connectivity index (χ1) is 13.0. The van der Waals surface area contributed by atoms with Crippen molar-refractivity contribution in [1.82, 2.24) is 0 Å². The zero-order valence-electron chi connectivity index (χ0n) is 14.2. The van der Waals surface area contributed by atoms with Crippen molar-refractivity contribution >= 4 is 50.3 Å². The highest BCUT2D eigenvalue weighted by Crippen LogP contribution is 2.48. The maximum Gasteiger partial charge on any atom is 0.161 e. The number of thiophene rings is 1. The Balaban J connectivity index is 1.97. The molecule has 1 aromatic heterocycles. The summed E-state index contributed by atoms with van der Waals surface area (Å²) in [5.74, 6) is 0.0327. The Bertz CT molecular complexity index is 1050. The second kappa shape index (κ2) is 7.16. The lowest BCUT2D eigenvalue weighted by Gasteiger charge is -2.39. The number of hydrogen-bond donors (Lipinski definition) is 1. The number of allylic oxidation sites excluding steroid dienone is 3. The molecular weight excluding hydrogens is 446 g/mol. The number of rotatable bonds is 2. The fourth-order valence-electron chi connectivity index (χ4n) is 3.76. The van der Waals surface area contributed by atoms with Crippen LogP contribution in [0.15, 0.2) is 62.8 Å². The predicted octanol–water partition coefficient (Wildman–Crippen LogP) is 5.47. The Morgan fingerprint density at radius 3 is 2.78 bits per heavy atom. The molecule has 1 aromatic carbocycles. The number of carbonyl (C=O) groups is 1. The predicted molar refractivity (Wildman–Crippen MR) is 111 cm³/mol. The Kier molecular flexibility index (Phi) is 4.85. The quantitative estimate of drug-likeness (QED) is 0.645. The molecule has 0 radical (unpaired) electrons. The van der Waals surface area contributed by atoms with Gasteiger partial charge in [-0.05, 0) is 59.1 Å². The molecule has 0 amide bonds. The first kappa shape index (κ1) is 18.3. The molecule has 0 bridgehead atoms. The highest BCUT2D eigenvalue weighted by atomic mass is 79.9. The van der Waals surface area contributed by atoms with E-state index in [2.05, 4.69) is 22.0 Å². The van der Waals surface area contributed by atoms with E-state index in [4.69, 9.17) is 17.3 Å². The summed E-state index contributed by atoms with van der Waals surface area (Å²) in [5, 5.41) is 10.5. The Morgan fingerprint density at radius 1 is 1.30 bits per heavy atom. The summed E-state index contributed by atoms with van der Waals surface area (Å²) in [6.45, 7) is 0. The summed E-state index contributed by atoms with van der Waals surface area (Å²) in [5.41, 5.74) is 9.21. The van der Waals surface area contributed by atoms with Crippen LogP contribution in [0.3, 0.4) is 0 Å². The van der Waals surface area contributed by atoms with Gasteiger partial charge >= 0.3 is 0 Å². The molecule has 27 heavy (non-hydrogen) atoms. The summed E-state index contributed by atoms with van der Waals surface area (Å²) >= 11 is 11.2. The summed E-state index contributed by atoms with van der Waals surface area (Å²) < 4.78 is 0.955. The van der Waals surface area contributed by atoms with Crippen molar-refractivity contribution in [2.75, 3.05) is 4.90 Å². The van der Waals surface area contributed by atoms with Crippen molar-refractivity contribution in [3.63, 3.8) is 0 Å². The Morgan fingerprint density at radius 2 is 2.11 bits per heavy atom. The molecule has 2 aromatic rings. The van der Waals surface area contributed by atoms with Crippen molar-refractivity contribution < 1.29 is 4.79 Å². The van der Waals surface area contributed by atoms with Crippen LogP contribution in [0.25, 0.3) is 0 Å². The van der Waals surface area contributed by atoms with Crippen LogP contribution in [-0.4, -0.2) is 5.78 Å². The van der Waals surface area contributed by atoms with Gasteiger partial charge < -0.3 is 5.73 Å². The average molecular weight is 461 g/mol. The lowest BCUT2D eigenvalue weighted by molar-refractivity contribution is -0.116. The molecule has 0 spiro atoms. The van der Waals surface area contributed by atoms with Crippen molar-refractivity contribution in [2.24, 2.45) is 5.73 Å². The molecule has 4 nitrogen and oxygen atoms in total. The first-order valence-corrected chi connectivity index (χ1v) is 10.5. The van der Waals surface area contributed by atoms with Crippen molar-refractivity contribution in [2.45, 2.75) is 25.2 Å². The van der Waals surface area contributed by atoms with Crippen LogP contribution in [0.5, 0.6) is 0 Å². The minimum atomic E-state index is -0.412. The smallest absolute Gasteiger partial charge is 0.161 e. The van der Waals surface area contributed by atoms with Gasteiger partial charge in [-0.25, -0.2) is 0 Å². The fourth-order valence-corrected chi connectivity index (χ4v) is 5.49. The zero-order valence-corrected chi connectivity index (χ0v) is 17.4. The van der Waals surface area contributed by atoms with Gasteiger partial charge in [-0.15, -0.1) is 11.3 Å².